The van der Waals surface area contributed by atoms with E-state index < -0.39 is 15.1 Å². The summed E-state index contributed by atoms with van der Waals surface area (Å²) < 4.78 is 25.3. The van der Waals surface area contributed by atoms with Gasteiger partial charge in [-0.25, -0.2) is 8.42 Å². The van der Waals surface area contributed by atoms with Crippen LogP contribution in [0.5, 0.6) is 0 Å². The molecule has 1 aliphatic rings. The number of rotatable bonds is 2. The van der Waals surface area contributed by atoms with Gasteiger partial charge in [-0.2, -0.15) is 0 Å². The number of halogens is 1. The lowest BCUT2D eigenvalue weighted by molar-refractivity contribution is -0.119. The fourth-order valence-electron chi connectivity index (χ4n) is 2.09. The highest BCUT2D eigenvalue weighted by atomic mass is 79.9. The molecule has 1 fully saturated rings. The lowest BCUT2D eigenvalue weighted by atomic mass is 9.99. The van der Waals surface area contributed by atoms with Crippen LogP contribution >= 0.6 is 15.9 Å². The third kappa shape index (κ3) is 2.60. The van der Waals surface area contributed by atoms with E-state index in [1.54, 1.807) is 24.3 Å². The third-order valence-electron chi connectivity index (χ3n) is 3.00. The van der Waals surface area contributed by atoms with E-state index in [4.69, 9.17) is 0 Å². The van der Waals surface area contributed by atoms with Crippen LogP contribution in [0.1, 0.15) is 25.7 Å². The zero-order valence-electron chi connectivity index (χ0n) is 9.23. The maximum atomic E-state index is 12.3. The van der Waals surface area contributed by atoms with E-state index >= 15 is 0 Å². The van der Waals surface area contributed by atoms with Crippen molar-refractivity contribution in [2.24, 2.45) is 0 Å². The van der Waals surface area contributed by atoms with Crippen LogP contribution in [0.2, 0.25) is 0 Å². The molecule has 1 aromatic carbocycles. The Balaban J connectivity index is 2.39. The second-order valence-corrected chi connectivity index (χ2v) is 7.25. The minimum Gasteiger partial charge on any atom is -0.298 e. The minimum atomic E-state index is -3.51. The average Bonchev–Trinajstić information content (AvgIpc) is 2.29. The normalized spacial score (nSPS) is 21.5. The summed E-state index contributed by atoms with van der Waals surface area (Å²) in [5, 5.41) is -0.842. The van der Waals surface area contributed by atoms with Crippen molar-refractivity contribution in [3.63, 3.8) is 0 Å². The third-order valence-corrected chi connectivity index (χ3v) is 5.65. The van der Waals surface area contributed by atoms with Crippen LogP contribution < -0.4 is 0 Å². The number of hydrogen-bond donors (Lipinski definition) is 0. The van der Waals surface area contributed by atoms with Crippen LogP contribution in [-0.4, -0.2) is 19.5 Å². The first kappa shape index (κ1) is 12.8. The van der Waals surface area contributed by atoms with Crippen molar-refractivity contribution in [1.29, 1.82) is 0 Å². The number of carbonyl (C=O) groups is 1. The van der Waals surface area contributed by atoms with Crippen molar-refractivity contribution in [1.82, 2.24) is 0 Å². The number of hydrogen-bond acceptors (Lipinski definition) is 3. The molecule has 1 unspecified atom stereocenters. The molecule has 0 bridgehead atoms. The van der Waals surface area contributed by atoms with Gasteiger partial charge in [0.15, 0.2) is 15.6 Å². The van der Waals surface area contributed by atoms with Gasteiger partial charge in [-0.05, 0) is 31.0 Å². The van der Waals surface area contributed by atoms with Crippen LogP contribution in [0.3, 0.4) is 0 Å². The summed E-state index contributed by atoms with van der Waals surface area (Å²) in [6.07, 6.45) is 2.46. The van der Waals surface area contributed by atoms with Gasteiger partial charge in [0, 0.05) is 10.9 Å². The molecule has 5 heteroatoms. The van der Waals surface area contributed by atoms with Gasteiger partial charge >= 0.3 is 0 Å². The SMILES string of the molecule is O=C1CCCCC1S(=O)(=O)c1cccc(Br)c1. The highest BCUT2D eigenvalue weighted by molar-refractivity contribution is 9.10. The van der Waals surface area contributed by atoms with Crippen molar-refractivity contribution in [2.75, 3.05) is 0 Å². The van der Waals surface area contributed by atoms with Crippen LogP contribution in [-0.2, 0) is 14.6 Å². The number of carbonyl (C=O) groups excluding carboxylic acids is 1. The molecule has 0 saturated heterocycles. The number of benzene rings is 1. The van der Waals surface area contributed by atoms with E-state index in [2.05, 4.69) is 15.9 Å². The van der Waals surface area contributed by atoms with Crippen LogP contribution in [0.25, 0.3) is 0 Å². The molecule has 0 spiro atoms. The zero-order valence-corrected chi connectivity index (χ0v) is 11.6. The monoisotopic (exact) mass is 316 g/mol. The van der Waals surface area contributed by atoms with Gasteiger partial charge in [-0.1, -0.05) is 28.4 Å². The molecular formula is C12H13BrO3S. The Morgan fingerprint density at radius 1 is 1.24 bits per heavy atom. The Morgan fingerprint density at radius 3 is 2.65 bits per heavy atom. The predicted octanol–water partition coefficient (Wildman–Crippen LogP) is 2.73. The summed E-state index contributed by atoms with van der Waals surface area (Å²) >= 11 is 3.24. The largest absolute Gasteiger partial charge is 0.298 e. The Morgan fingerprint density at radius 2 is 2.00 bits per heavy atom. The number of ketones is 1. The van der Waals surface area contributed by atoms with Crippen molar-refractivity contribution < 1.29 is 13.2 Å². The van der Waals surface area contributed by atoms with E-state index in [9.17, 15) is 13.2 Å². The molecule has 1 aromatic rings. The fraction of sp³-hybridized carbons (Fsp3) is 0.417. The maximum Gasteiger partial charge on any atom is 0.188 e. The van der Waals surface area contributed by atoms with E-state index in [-0.39, 0.29) is 10.7 Å². The molecule has 0 N–H and O–H groups in total. The first-order chi connectivity index (χ1) is 8.01. The highest BCUT2D eigenvalue weighted by Gasteiger charge is 2.35. The van der Waals surface area contributed by atoms with Crippen molar-refractivity contribution in [3.8, 4) is 0 Å². The molecule has 0 aliphatic heterocycles. The zero-order chi connectivity index (χ0) is 12.5. The van der Waals surface area contributed by atoms with E-state index in [1.807, 2.05) is 0 Å². The highest BCUT2D eigenvalue weighted by Crippen LogP contribution is 2.27. The van der Waals surface area contributed by atoms with Crippen molar-refractivity contribution in [2.45, 2.75) is 35.8 Å². The summed E-state index contributed by atoms with van der Waals surface area (Å²) in [6, 6.07) is 6.53. The summed E-state index contributed by atoms with van der Waals surface area (Å²) in [4.78, 5) is 11.9. The minimum absolute atomic E-state index is 0.142. The van der Waals surface area contributed by atoms with E-state index in [0.29, 0.717) is 17.3 Å². The molecule has 0 aromatic heterocycles. The van der Waals surface area contributed by atoms with Crippen LogP contribution in [0, 0.1) is 0 Å². The lowest BCUT2D eigenvalue weighted by Crippen LogP contribution is -2.33. The van der Waals surface area contributed by atoms with Gasteiger partial charge in [0.1, 0.15) is 5.25 Å². The molecule has 0 heterocycles. The molecule has 1 saturated carbocycles. The summed E-state index contributed by atoms with van der Waals surface area (Å²) in [5.41, 5.74) is 0. The Kier molecular flexibility index (Phi) is 3.68. The van der Waals surface area contributed by atoms with Crippen LogP contribution in [0.15, 0.2) is 33.6 Å². The van der Waals surface area contributed by atoms with Crippen molar-refractivity contribution in [3.05, 3.63) is 28.7 Å². The quantitative estimate of drug-likeness (QED) is 0.843. The number of sulfone groups is 1. The number of Topliss-reactive ketones (excluding diaryl/α,β-unsaturated/α-hetero) is 1. The molecule has 0 radical (unpaired) electrons. The maximum absolute atomic E-state index is 12.3. The molecule has 17 heavy (non-hydrogen) atoms. The molecular weight excluding hydrogens is 304 g/mol. The second kappa shape index (κ2) is 4.90. The smallest absolute Gasteiger partial charge is 0.188 e. The van der Waals surface area contributed by atoms with Gasteiger partial charge in [-0.3, -0.25) is 4.79 Å². The van der Waals surface area contributed by atoms with Gasteiger partial charge in [-0.15, -0.1) is 0 Å². The summed E-state index contributed by atoms with van der Waals surface area (Å²) in [6.45, 7) is 0. The standard InChI is InChI=1S/C12H13BrO3S/c13-9-4-3-5-10(8-9)17(15,16)12-7-2-1-6-11(12)14/h3-5,8,12H,1-2,6-7H2. The summed E-state index contributed by atoms with van der Waals surface area (Å²) in [5.74, 6) is -0.142. The Hall–Kier alpha value is -0.680. The van der Waals surface area contributed by atoms with Crippen molar-refractivity contribution >= 4 is 31.6 Å². The Bertz CT molecular complexity index is 536. The molecule has 0 amide bonds. The Labute approximate surface area is 109 Å². The average molecular weight is 317 g/mol. The molecule has 3 nitrogen and oxygen atoms in total. The molecule has 1 aliphatic carbocycles. The molecule has 1 atom stereocenters. The van der Waals surface area contributed by atoms with Gasteiger partial charge < -0.3 is 0 Å². The predicted molar refractivity (Wildman–Crippen MR) is 68.6 cm³/mol. The topological polar surface area (TPSA) is 51.2 Å². The van der Waals surface area contributed by atoms with Gasteiger partial charge in [0.05, 0.1) is 4.90 Å². The first-order valence-electron chi connectivity index (χ1n) is 5.54. The van der Waals surface area contributed by atoms with Gasteiger partial charge in [0.2, 0.25) is 0 Å². The lowest BCUT2D eigenvalue weighted by Gasteiger charge is -2.20. The van der Waals surface area contributed by atoms with Gasteiger partial charge in [0.25, 0.3) is 0 Å². The molecule has 92 valence electrons. The second-order valence-electron chi connectivity index (χ2n) is 4.20. The molecule has 2 rings (SSSR count). The van der Waals surface area contributed by atoms with E-state index in [1.165, 1.54) is 0 Å². The first-order valence-corrected chi connectivity index (χ1v) is 7.88. The van der Waals surface area contributed by atoms with Crippen LogP contribution in [0.4, 0.5) is 0 Å². The van der Waals surface area contributed by atoms with E-state index in [0.717, 1.165) is 12.8 Å². The summed E-state index contributed by atoms with van der Waals surface area (Å²) in [7, 11) is -3.51. The fourth-order valence-corrected chi connectivity index (χ4v) is 4.47.